The van der Waals surface area contributed by atoms with Crippen LogP contribution >= 0.6 is 0 Å². The van der Waals surface area contributed by atoms with Crippen molar-refractivity contribution in [1.82, 2.24) is 0 Å². The van der Waals surface area contributed by atoms with E-state index in [1.165, 1.54) is 6.92 Å². The predicted molar refractivity (Wildman–Crippen MR) is 35.0 cm³/mol. The van der Waals surface area contributed by atoms with E-state index in [9.17, 15) is 13.2 Å². The van der Waals surface area contributed by atoms with Gasteiger partial charge in [-0.2, -0.15) is 0 Å². The number of rotatable bonds is 4. The van der Waals surface area contributed by atoms with Gasteiger partial charge in [0.05, 0.1) is 0 Å². The van der Waals surface area contributed by atoms with Crippen LogP contribution in [-0.2, 0) is 0 Å². The van der Waals surface area contributed by atoms with Crippen molar-refractivity contribution in [3.63, 3.8) is 0 Å². The molecule has 0 heterocycles. The zero-order valence-corrected chi connectivity index (χ0v) is 6.33. The zero-order valence-electron chi connectivity index (χ0n) is 6.33. The molecule has 0 nitrogen and oxygen atoms in total. The van der Waals surface area contributed by atoms with Crippen LogP contribution in [-0.4, -0.2) is 12.1 Å². The minimum atomic E-state index is -3.11. The molecule has 10 heavy (non-hydrogen) atoms. The second-order valence-electron chi connectivity index (χ2n) is 2.39. The third-order valence-corrected chi connectivity index (χ3v) is 1.40. The fraction of sp³-hybridized carbons (Fsp3) is 1.00. The second kappa shape index (κ2) is 3.84. The molecule has 0 aliphatic heterocycles. The predicted octanol–water partition coefficient (Wildman–Crippen LogP) is 3.17. The Bertz CT molecular complexity index is 90.9. The smallest absolute Gasteiger partial charge is 0.241 e. The van der Waals surface area contributed by atoms with E-state index in [0.29, 0.717) is 6.42 Å². The van der Waals surface area contributed by atoms with E-state index in [1.54, 1.807) is 6.92 Å². The number of halogens is 3. The van der Waals surface area contributed by atoms with Gasteiger partial charge < -0.3 is 0 Å². The molecule has 0 radical (unpaired) electrons. The Morgan fingerprint density at radius 3 is 2.10 bits per heavy atom. The van der Waals surface area contributed by atoms with E-state index in [1.807, 2.05) is 0 Å². The molecular weight excluding hydrogens is 141 g/mol. The first-order chi connectivity index (χ1) is 4.54. The van der Waals surface area contributed by atoms with E-state index in [4.69, 9.17) is 0 Å². The molecular formula is C7H13F3. The van der Waals surface area contributed by atoms with E-state index in [2.05, 4.69) is 0 Å². The summed E-state index contributed by atoms with van der Waals surface area (Å²) < 4.78 is 37.2. The first-order valence-electron chi connectivity index (χ1n) is 3.56. The maximum Gasteiger partial charge on any atom is 0.278 e. The van der Waals surface area contributed by atoms with Crippen molar-refractivity contribution < 1.29 is 13.2 Å². The van der Waals surface area contributed by atoms with Crippen LogP contribution in [0.15, 0.2) is 0 Å². The monoisotopic (exact) mass is 154 g/mol. The molecule has 0 aliphatic rings. The molecule has 0 bridgehead atoms. The molecule has 0 aromatic rings. The first-order valence-corrected chi connectivity index (χ1v) is 3.56. The van der Waals surface area contributed by atoms with Gasteiger partial charge in [0.1, 0.15) is 0 Å². The minimum Gasteiger partial charge on any atom is -0.241 e. The molecule has 1 atom stereocenters. The molecule has 0 saturated carbocycles. The van der Waals surface area contributed by atoms with Gasteiger partial charge in [0.25, 0.3) is 5.92 Å². The normalized spacial score (nSPS) is 15.3. The summed E-state index contributed by atoms with van der Waals surface area (Å²) in [4.78, 5) is 0. The van der Waals surface area contributed by atoms with Crippen molar-refractivity contribution in [1.29, 1.82) is 0 Å². The van der Waals surface area contributed by atoms with Crippen molar-refractivity contribution in [3.8, 4) is 0 Å². The number of alkyl halides is 3. The average Bonchev–Trinajstić information content (AvgIpc) is 1.86. The van der Waals surface area contributed by atoms with E-state index in [-0.39, 0.29) is 12.8 Å². The van der Waals surface area contributed by atoms with Crippen molar-refractivity contribution in [3.05, 3.63) is 0 Å². The molecule has 0 N–H and O–H groups in total. The van der Waals surface area contributed by atoms with Gasteiger partial charge in [-0.05, 0) is 6.42 Å². The molecule has 0 spiro atoms. The summed E-state index contributed by atoms with van der Waals surface area (Å²) in [5, 5.41) is 0. The van der Waals surface area contributed by atoms with Crippen LogP contribution in [0, 0.1) is 0 Å². The molecule has 0 aromatic carbocycles. The fourth-order valence-corrected chi connectivity index (χ4v) is 0.789. The van der Waals surface area contributed by atoms with Crippen LogP contribution in [0.4, 0.5) is 13.2 Å². The lowest BCUT2D eigenvalue weighted by Gasteiger charge is -2.18. The Labute approximate surface area is 59.4 Å². The van der Waals surface area contributed by atoms with Crippen molar-refractivity contribution >= 4 is 0 Å². The van der Waals surface area contributed by atoms with Crippen molar-refractivity contribution in [2.24, 2.45) is 0 Å². The summed E-state index contributed by atoms with van der Waals surface area (Å²) in [6, 6.07) is 0. The fourth-order valence-electron chi connectivity index (χ4n) is 0.789. The highest BCUT2D eigenvalue weighted by Crippen LogP contribution is 2.28. The summed E-state index contributed by atoms with van der Waals surface area (Å²) >= 11 is 0. The molecule has 3 heteroatoms. The SMILES string of the molecule is CCCC(F)(F)C(F)CC. The standard InChI is InChI=1S/C7H13F3/c1-3-5-7(9,10)6(8)4-2/h6H,3-5H2,1-2H3. The van der Waals surface area contributed by atoms with Crippen LogP contribution in [0.1, 0.15) is 33.1 Å². The summed E-state index contributed by atoms with van der Waals surface area (Å²) in [5.74, 6) is -3.11. The summed E-state index contributed by atoms with van der Waals surface area (Å²) in [6.07, 6.45) is -2.09. The third kappa shape index (κ3) is 2.58. The van der Waals surface area contributed by atoms with Gasteiger partial charge in [-0.25, -0.2) is 13.2 Å². The van der Waals surface area contributed by atoms with E-state index < -0.39 is 12.1 Å². The highest BCUT2D eigenvalue weighted by molar-refractivity contribution is 4.74. The Balaban J connectivity index is 3.82. The van der Waals surface area contributed by atoms with Gasteiger partial charge in [-0.3, -0.25) is 0 Å². The molecule has 0 fully saturated rings. The second-order valence-corrected chi connectivity index (χ2v) is 2.39. The molecule has 0 rings (SSSR count). The molecule has 0 saturated heterocycles. The summed E-state index contributed by atoms with van der Waals surface area (Å²) in [7, 11) is 0. The Kier molecular flexibility index (Phi) is 3.76. The lowest BCUT2D eigenvalue weighted by Crippen LogP contribution is -2.28. The van der Waals surface area contributed by atoms with Crippen LogP contribution in [0.25, 0.3) is 0 Å². The lowest BCUT2D eigenvalue weighted by atomic mass is 10.1. The summed E-state index contributed by atoms with van der Waals surface area (Å²) in [6.45, 7) is 3.05. The number of hydrogen-bond donors (Lipinski definition) is 0. The maximum atomic E-state index is 12.4. The highest BCUT2D eigenvalue weighted by atomic mass is 19.3. The lowest BCUT2D eigenvalue weighted by molar-refractivity contribution is -0.0796. The summed E-state index contributed by atoms with van der Waals surface area (Å²) in [5.41, 5.74) is 0. The minimum absolute atomic E-state index is 0.104. The van der Waals surface area contributed by atoms with Gasteiger partial charge in [0.15, 0.2) is 6.17 Å². The molecule has 1 unspecified atom stereocenters. The Morgan fingerprint density at radius 1 is 1.30 bits per heavy atom. The van der Waals surface area contributed by atoms with E-state index in [0.717, 1.165) is 0 Å². The maximum absolute atomic E-state index is 12.4. The van der Waals surface area contributed by atoms with E-state index >= 15 is 0 Å². The highest BCUT2D eigenvalue weighted by Gasteiger charge is 2.37. The van der Waals surface area contributed by atoms with Crippen LogP contribution in [0.5, 0.6) is 0 Å². The van der Waals surface area contributed by atoms with Crippen LogP contribution in [0.3, 0.4) is 0 Å². The Morgan fingerprint density at radius 2 is 1.80 bits per heavy atom. The third-order valence-electron chi connectivity index (χ3n) is 1.40. The van der Waals surface area contributed by atoms with Crippen LogP contribution in [0.2, 0.25) is 0 Å². The molecule has 0 amide bonds. The van der Waals surface area contributed by atoms with Gasteiger partial charge in [0.2, 0.25) is 0 Å². The number of hydrogen-bond acceptors (Lipinski definition) is 0. The van der Waals surface area contributed by atoms with Gasteiger partial charge in [-0.15, -0.1) is 0 Å². The average molecular weight is 154 g/mol. The molecule has 0 aliphatic carbocycles. The topological polar surface area (TPSA) is 0 Å². The van der Waals surface area contributed by atoms with Gasteiger partial charge in [-0.1, -0.05) is 20.3 Å². The molecule has 0 aromatic heterocycles. The van der Waals surface area contributed by atoms with Crippen LogP contribution < -0.4 is 0 Å². The largest absolute Gasteiger partial charge is 0.278 e. The Hall–Kier alpha value is -0.210. The first kappa shape index (κ1) is 9.79. The van der Waals surface area contributed by atoms with Gasteiger partial charge in [0, 0.05) is 6.42 Å². The zero-order chi connectivity index (χ0) is 8.20. The molecule has 62 valence electrons. The quantitative estimate of drug-likeness (QED) is 0.583. The van der Waals surface area contributed by atoms with Gasteiger partial charge >= 0.3 is 0 Å². The van der Waals surface area contributed by atoms with Crippen molar-refractivity contribution in [2.45, 2.75) is 45.2 Å². The van der Waals surface area contributed by atoms with Crippen molar-refractivity contribution in [2.75, 3.05) is 0 Å².